The lowest BCUT2D eigenvalue weighted by atomic mass is 10.9. The molecule has 0 radical (unpaired) electrons. The van der Waals surface area contributed by atoms with E-state index in [4.69, 9.17) is 0 Å². The normalized spacial score (nSPS) is 15.9. The van der Waals surface area contributed by atoms with E-state index in [9.17, 15) is 42.8 Å². The van der Waals surface area contributed by atoms with Gasteiger partial charge in [-0.05, 0) is 0 Å². The quantitative estimate of drug-likeness (QED) is 0.544. The summed E-state index contributed by atoms with van der Waals surface area (Å²) < 4.78 is 114. The number of hydrogen-bond donors (Lipinski definition) is 0. The van der Waals surface area contributed by atoms with Crippen molar-refractivity contribution >= 4 is 25.6 Å². The van der Waals surface area contributed by atoms with Crippen molar-refractivity contribution in [1.29, 1.82) is 0 Å². The van der Waals surface area contributed by atoms with E-state index in [0.717, 1.165) is 0 Å². The van der Waals surface area contributed by atoms with E-state index in [-0.39, 0.29) is 0 Å². The van der Waals surface area contributed by atoms with Gasteiger partial charge in [-0.2, -0.15) is 26.0 Å². The van der Waals surface area contributed by atoms with Crippen molar-refractivity contribution in [2.75, 3.05) is 0 Å². The third-order valence-electron chi connectivity index (χ3n) is 1.42. The van der Waals surface area contributed by atoms with E-state index in [0.29, 0.717) is 0 Å². The van der Waals surface area contributed by atoms with E-state index in [1.165, 1.54) is 0 Å². The van der Waals surface area contributed by atoms with Crippen molar-refractivity contribution in [3.8, 4) is 0 Å². The maximum atomic E-state index is 12.4. The molecule has 0 N–H and O–H groups in total. The molecule has 0 spiro atoms. The molecule has 0 aliphatic carbocycles. The average molecular weight is 322 g/mol. The van der Waals surface area contributed by atoms with Gasteiger partial charge in [0.2, 0.25) is 0 Å². The minimum absolute atomic E-state index is 0.441. The summed E-state index contributed by atoms with van der Waals surface area (Å²) >= 11 is 0. The molecule has 17 heavy (non-hydrogen) atoms. The van der Waals surface area contributed by atoms with Gasteiger partial charge in [0, 0.05) is 13.8 Å². The molecule has 0 bridgehead atoms. The zero-order valence-corrected chi connectivity index (χ0v) is 10.6. The molecule has 0 heterocycles. The summed E-state index contributed by atoms with van der Waals surface area (Å²) in [6, 6.07) is 0. The largest absolute Gasteiger partial charge is 0.369 e. The molecule has 0 saturated heterocycles. The minimum atomic E-state index is -6.81. The zero-order chi connectivity index (χ0) is 14.5. The van der Waals surface area contributed by atoms with Gasteiger partial charge in [0.1, 0.15) is 0 Å². The van der Waals surface area contributed by atoms with Crippen molar-refractivity contribution in [2.24, 2.45) is 0 Å². The average Bonchev–Trinajstić information content (AvgIpc) is 1.98. The lowest BCUT2D eigenvalue weighted by molar-refractivity contribution is 0.116. The lowest BCUT2D eigenvalue weighted by Crippen LogP contribution is -2.41. The van der Waals surface area contributed by atoms with E-state index in [1.54, 1.807) is 0 Å². The molecular formula is C4H6F4O6S3. The third-order valence-corrected chi connectivity index (χ3v) is 12.5. The van der Waals surface area contributed by atoms with Crippen LogP contribution < -0.4 is 0 Å². The Labute approximate surface area is 93.2 Å². The fraction of sp³-hybridized carbons (Fsp3) is 1.00. The Balaban J connectivity index is 6.37. The van der Waals surface area contributed by atoms with Crippen molar-refractivity contribution in [3.05, 3.63) is 0 Å². The predicted octanol–water partition coefficient (Wildman–Crippen LogP) is 0.286. The van der Waals surface area contributed by atoms with Crippen molar-refractivity contribution < 1.29 is 42.8 Å². The van der Waals surface area contributed by atoms with Crippen molar-refractivity contribution in [3.63, 3.8) is 0 Å². The first-order valence-electron chi connectivity index (χ1n) is 3.50. The first kappa shape index (κ1) is 16.6. The molecule has 0 unspecified atom stereocenters. The maximum Gasteiger partial charge on any atom is 0.369 e. The van der Waals surface area contributed by atoms with Crippen LogP contribution in [0.3, 0.4) is 0 Å². The number of rotatable bonds is 4. The molecule has 0 amide bonds. The fourth-order valence-corrected chi connectivity index (χ4v) is 8.56. The number of hydrogen-bond acceptors (Lipinski definition) is 6. The highest BCUT2D eigenvalue weighted by Gasteiger charge is 2.62. The van der Waals surface area contributed by atoms with Crippen LogP contribution in [-0.2, 0) is 25.6 Å². The summed E-state index contributed by atoms with van der Waals surface area (Å²) in [6.45, 7) is -0.883. The van der Waals surface area contributed by atoms with E-state index in [2.05, 4.69) is 0 Å². The second-order valence-corrected chi connectivity index (χ2v) is 12.9. The molecule has 13 heteroatoms. The topological polar surface area (TPSA) is 102 Å². The second kappa shape index (κ2) is 3.78. The molecular weight excluding hydrogens is 316 g/mol. The first-order valence-corrected chi connectivity index (χ1v) is 8.98. The van der Waals surface area contributed by atoms with Gasteiger partial charge in [0.05, 0.1) is 0 Å². The predicted molar refractivity (Wildman–Crippen MR) is 48.0 cm³/mol. The van der Waals surface area contributed by atoms with Gasteiger partial charge in [-0.3, -0.25) is 0 Å². The highest BCUT2D eigenvalue weighted by Crippen LogP contribution is 2.35. The third kappa shape index (κ3) is 2.27. The van der Waals surface area contributed by atoms with Crippen LogP contribution in [0.5, 0.6) is 0 Å². The van der Waals surface area contributed by atoms with Crippen LogP contribution in [0.2, 0.25) is 0 Å². The molecule has 104 valence electrons. The summed E-state index contributed by atoms with van der Waals surface area (Å²) in [4.78, 5) is 0. The van der Waals surface area contributed by atoms with Gasteiger partial charge in [-0.25, -0.2) is 16.8 Å². The molecule has 0 atom stereocenters. The van der Waals surface area contributed by atoms with Gasteiger partial charge < -0.3 is 0 Å². The fourth-order valence-electron chi connectivity index (χ4n) is 0.476. The van der Waals surface area contributed by atoms with Gasteiger partial charge in [0.15, 0.2) is 0 Å². The smallest absolute Gasteiger partial charge is 0.205 e. The molecule has 0 fully saturated rings. The van der Waals surface area contributed by atoms with Crippen LogP contribution in [0, 0.1) is 0 Å². The molecule has 0 aromatic rings. The molecule has 0 aliphatic rings. The molecule has 0 rings (SSSR count). The Morgan fingerprint density at radius 1 is 0.647 bits per heavy atom. The Hall–Kier alpha value is -0.430. The molecule has 0 saturated carbocycles. The Morgan fingerprint density at radius 2 is 0.824 bits per heavy atom. The summed E-state index contributed by atoms with van der Waals surface area (Å²) in [5.41, 5.74) is 0. The summed E-state index contributed by atoms with van der Waals surface area (Å²) in [6.07, 6.45) is 0. The zero-order valence-electron chi connectivity index (χ0n) is 8.19. The Bertz CT molecular complexity index is 551. The first-order chi connectivity index (χ1) is 7.00. The van der Waals surface area contributed by atoms with E-state index in [1.807, 2.05) is 0 Å². The number of alkyl halides is 4. The Kier molecular flexibility index (Phi) is 3.68. The van der Waals surface area contributed by atoms with Crippen LogP contribution in [0.25, 0.3) is 0 Å². The summed E-state index contributed by atoms with van der Waals surface area (Å²) in [7, 11) is -20.1. The lowest BCUT2D eigenvalue weighted by Gasteiger charge is -2.15. The van der Waals surface area contributed by atoms with E-state index >= 15 is 0 Å². The van der Waals surface area contributed by atoms with Crippen molar-refractivity contribution in [2.45, 2.75) is 24.4 Å². The second-order valence-electron chi connectivity index (χ2n) is 2.93. The van der Waals surface area contributed by atoms with Gasteiger partial charge >= 0.3 is 36.1 Å². The highest BCUT2D eigenvalue weighted by molar-refractivity contribution is 8.99. The van der Waals surface area contributed by atoms with Crippen LogP contribution in [-0.4, -0.2) is 35.8 Å². The van der Waals surface area contributed by atoms with Crippen LogP contribution in [0.4, 0.5) is 17.6 Å². The summed E-state index contributed by atoms with van der Waals surface area (Å²) in [5, 5.41) is -10.0. The molecule has 0 aliphatic heterocycles. The molecule has 6 nitrogen and oxygen atoms in total. The van der Waals surface area contributed by atoms with Crippen LogP contribution in [0.15, 0.2) is 0 Å². The molecule has 0 aromatic heterocycles. The van der Waals surface area contributed by atoms with E-state index < -0.39 is 50.0 Å². The van der Waals surface area contributed by atoms with Crippen LogP contribution >= 0.6 is 0 Å². The maximum absolute atomic E-state index is 12.4. The monoisotopic (exact) mass is 322 g/mol. The van der Waals surface area contributed by atoms with Crippen LogP contribution in [0.1, 0.15) is 13.8 Å². The van der Waals surface area contributed by atoms with Crippen molar-refractivity contribution in [1.82, 2.24) is 0 Å². The van der Waals surface area contributed by atoms with Gasteiger partial charge in [0.25, 0.3) is 0 Å². The van der Waals surface area contributed by atoms with Gasteiger partial charge in [-0.15, -0.1) is 0 Å². The SMILES string of the molecule is CC(F)(F)S(=O)(=O)S(=O)(=O)S(=O)(=O)C(C)(F)F. The minimum Gasteiger partial charge on any atom is -0.205 e. The number of halogens is 4. The van der Waals surface area contributed by atoms with Gasteiger partial charge in [-0.1, -0.05) is 0 Å². The Morgan fingerprint density at radius 3 is 0.941 bits per heavy atom. The summed E-state index contributed by atoms with van der Waals surface area (Å²) in [5.74, 6) is 0. The standard InChI is InChI=1S/C4H6F4O6S3/c1-3(5,6)15(9,10)17(13,14)16(11,12)4(2,7)8/h1-2H3. The molecule has 0 aromatic carbocycles. The highest BCUT2D eigenvalue weighted by atomic mass is 33.6.